The second-order valence-corrected chi connectivity index (χ2v) is 5.86. The number of nitrogens with one attached hydrogen (secondary N) is 2. The fourth-order valence-electron chi connectivity index (χ4n) is 2.42. The highest BCUT2D eigenvalue weighted by atomic mass is 16.2. The number of hydrogen-bond acceptors (Lipinski definition) is 3. The summed E-state index contributed by atoms with van der Waals surface area (Å²) in [5.74, 6) is 0.668. The molecule has 1 unspecified atom stereocenters. The first-order chi connectivity index (χ1) is 10.7. The van der Waals surface area contributed by atoms with Crippen molar-refractivity contribution < 1.29 is 4.79 Å². The molecule has 2 aromatic rings. The van der Waals surface area contributed by atoms with Gasteiger partial charge in [-0.05, 0) is 36.8 Å². The molecule has 1 aromatic carbocycles. The number of amides is 2. The maximum atomic E-state index is 11.8. The molecule has 1 aliphatic carbocycles. The average Bonchev–Trinajstić information content (AvgIpc) is 3.25. The van der Waals surface area contributed by atoms with E-state index in [4.69, 9.17) is 0 Å². The second-order valence-electron chi connectivity index (χ2n) is 5.86. The van der Waals surface area contributed by atoms with Crippen LogP contribution in [0.1, 0.15) is 30.9 Å². The summed E-state index contributed by atoms with van der Waals surface area (Å²) < 4.78 is 1.78. The number of carbonyl (C=O) groups is 1. The van der Waals surface area contributed by atoms with Gasteiger partial charge in [-0.1, -0.05) is 24.3 Å². The minimum absolute atomic E-state index is 0.0916. The summed E-state index contributed by atoms with van der Waals surface area (Å²) in [7, 11) is 0. The van der Waals surface area contributed by atoms with Gasteiger partial charge in [-0.25, -0.2) is 14.5 Å². The largest absolute Gasteiger partial charge is 0.335 e. The minimum Gasteiger partial charge on any atom is -0.335 e. The van der Waals surface area contributed by atoms with E-state index in [0.717, 1.165) is 11.1 Å². The number of aromatic nitrogens is 3. The maximum Gasteiger partial charge on any atom is 0.315 e. The quantitative estimate of drug-likeness (QED) is 0.856. The molecule has 1 atom stereocenters. The molecule has 22 heavy (non-hydrogen) atoms. The molecular weight excluding hydrogens is 278 g/mol. The smallest absolute Gasteiger partial charge is 0.315 e. The number of carbonyl (C=O) groups excluding carboxylic acids is 1. The van der Waals surface area contributed by atoms with E-state index < -0.39 is 0 Å². The average molecular weight is 299 g/mol. The van der Waals surface area contributed by atoms with Crippen molar-refractivity contribution in [3.05, 3.63) is 48.0 Å². The SMILES string of the molecule is CC(NC(=O)NCc1ccc(Cn2cncn2)cc1)C1CC1. The lowest BCUT2D eigenvalue weighted by Gasteiger charge is -2.13. The molecule has 0 saturated heterocycles. The van der Waals surface area contributed by atoms with Crippen molar-refractivity contribution in [3.8, 4) is 0 Å². The molecule has 1 aliphatic rings. The predicted octanol–water partition coefficient (Wildman–Crippen LogP) is 1.92. The van der Waals surface area contributed by atoms with E-state index in [-0.39, 0.29) is 12.1 Å². The van der Waals surface area contributed by atoms with E-state index in [1.165, 1.54) is 19.2 Å². The first-order valence-electron chi connectivity index (χ1n) is 7.65. The molecule has 0 aliphatic heterocycles. The number of hydrogen-bond donors (Lipinski definition) is 2. The Morgan fingerprint density at radius 3 is 2.68 bits per heavy atom. The first kappa shape index (κ1) is 14.6. The Labute approximate surface area is 129 Å². The van der Waals surface area contributed by atoms with Gasteiger partial charge in [-0.15, -0.1) is 0 Å². The third kappa shape index (κ3) is 4.07. The Morgan fingerprint density at radius 2 is 2.05 bits per heavy atom. The van der Waals surface area contributed by atoms with Crippen LogP contribution in [0.2, 0.25) is 0 Å². The second kappa shape index (κ2) is 6.60. The van der Waals surface area contributed by atoms with Crippen molar-refractivity contribution in [1.29, 1.82) is 0 Å². The molecule has 0 spiro atoms. The predicted molar refractivity (Wildman–Crippen MR) is 83.1 cm³/mol. The van der Waals surface area contributed by atoms with Gasteiger partial charge < -0.3 is 10.6 Å². The van der Waals surface area contributed by atoms with Gasteiger partial charge in [0, 0.05) is 12.6 Å². The minimum atomic E-state index is -0.0916. The number of benzene rings is 1. The van der Waals surface area contributed by atoms with Crippen molar-refractivity contribution in [2.45, 2.75) is 38.9 Å². The molecule has 1 heterocycles. The monoisotopic (exact) mass is 299 g/mol. The van der Waals surface area contributed by atoms with Crippen LogP contribution in [0.25, 0.3) is 0 Å². The Balaban J connectivity index is 1.45. The van der Waals surface area contributed by atoms with Crippen molar-refractivity contribution in [2.75, 3.05) is 0 Å². The van der Waals surface area contributed by atoms with Gasteiger partial charge in [0.25, 0.3) is 0 Å². The van der Waals surface area contributed by atoms with Crippen LogP contribution in [0.3, 0.4) is 0 Å². The maximum absolute atomic E-state index is 11.8. The van der Waals surface area contributed by atoms with Crippen LogP contribution < -0.4 is 10.6 Å². The molecule has 116 valence electrons. The molecule has 0 radical (unpaired) electrons. The van der Waals surface area contributed by atoms with E-state index in [2.05, 4.69) is 27.6 Å². The molecular formula is C16H21N5O. The zero-order chi connectivity index (χ0) is 15.4. The molecule has 2 amide bonds. The Morgan fingerprint density at radius 1 is 1.32 bits per heavy atom. The Bertz CT molecular complexity index is 604. The normalized spacial score (nSPS) is 15.3. The van der Waals surface area contributed by atoms with Gasteiger partial charge in [0.2, 0.25) is 0 Å². The Kier molecular flexibility index (Phi) is 4.37. The summed E-state index contributed by atoms with van der Waals surface area (Å²) in [6, 6.07) is 8.32. The third-order valence-corrected chi connectivity index (χ3v) is 3.98. The van der Waals surface area contributed by atoms with Gasteiger partial charge in [0.1, 0.15) is 12.7 Å². The van der Waals surface area contributed by atoms with Gasteiger partial charge in [-0.2, -0.15) is 5.10 Å². The molecule has 3 rings (SSSR count). The third-order valence-electron chi connectivity index (χ3n) is 3.98. The molecule has 6 heteroatoms. The molecule has 1 aromatic heterocycles. The molecule has 2 N–H and O–H groups in total. The van der Waals surface area contributed by atoms with Crippen LogP contribution in [0.4, 0.5) is 4.79 Å². The zero-order valence-corrected chi connectivity index (χ0v) is 12.7. The number of rotatable bonds is 6. The number of urea groups is 1. The van der Waals surface area contributed by atoms with Crippen molar-refractivity contribution in [1.82, 2.24) is 25.4 Å². The molecule has 1 fully saturated rings. The highest BCUT2D eigenvalue weighted by Gasteiger charge is 2.28. The summed E-state index contributed by atoms with van der Waals surface area (Å²) in [4.78, 5) is 15.7. The Hall–Kier alpha value is -2.37. The highest BCUT2D eigenvalue weighted by molar-refractivity contribution is 5.74. The van der Waals surface area contributed by atoms with Crippen LogP contribution in [-0.2, 0) is 13.1 Å². The standard InChI is InChI=1S/C16H21N5O/c1-12(15-6-7-15)20-16(22)18-8-13-2-4-14(5-3-13)9-21-11-17-10-19-21/h2-5,10-12,15H,6-9H2,1H3,(H2,18,20,22). The lowest BCUT2D eigenvalue weighted by atomic mass is 10.1. The first-order valence-corrected chi connectivity index (χ1v) is 7.65. The van der Waals surface area contributed by atoms with E-state index in [1.54, 1.807) is 11.0 Å². The van der Waals surface area contributed by atoms with Gasteiger partial charge in [0.05, 0.1) is 6.54 Å². The molecule has 0 bridgehead atoms. The highest BCUT2D eigenvalue weighted by Crippen LogP contribution is 2.32. The fraction of sp³-hybridized carbons (Fsp3) is 0.438. The van der Waals surface area contributed by atoms with Gasteiger partial charge >= 0.3 is 6.03 Å². The lowest BCUT2D eigenvalue weighted by Crippen LogP contribution is -2.41. The van der Waals surface area contributed by atoms with E-state index in [9.17, 15) is 4.79 Å². The molecule has 6 nitrogen and oxygen atoms in total. The van der Waals surface area contributed by atoms with Crippen LogP contribution >= 0.6 is 0 Å². The topological polar surface area (TPSA) is 71.8 Å². The number of nitrogens with zero attached hydrogens (tertiary/aromatic N) is 3. The summed E-state index contributed by atoms with van der Waals surface area (Å²) in [5.41, 5.74) is 2.23. The van der Waals surface area contributed by atoms with E-state index in [0.29, 0.717) is 19.0 Å². The van der Waals surface area contributed by atoms with Gasteiger partial charge in [-0.3, -0.25) is 0 Å². The van der Waals surface area contributed by atoms with Gasteiger partial charge in [0.15, 0.2) is 0 Å². The summed E-state index contributed by atoms with van der Waals surface area (Å²) in [6.07, 6.45) is 5.68. The summed E-state index contributed by atoms with van der Waals surface area (Å²) >= 11 is 0. The van der Waals surface area contributed by atoms with Crippen LogP contribution in [0.15, 0.2) is 36.9 Å². The van der Waals surface area contributed by atoms with Crippen LogP contribution in [0, 0.1) is 5.92 Å². The van der Waals surface area contributed by atoms with E-state index in [1.807, 2.05) is 24.3 Å². The van der Waals surface area contributed by atoms with E-state index >= 15 is 0 Å². The lowest BCUT2D eigenvalue weighted by molar-refractivity contribution is 0.236. The van der Waals surface area contributed by atoms with Crippen molar-refractivity contribution in [3.63, 3.8) is 0 Å². The molecule has 1 saturated carbocycles. The zero-order valence-electron chi connectivity index (χ0n) is 12.7. The van der Waals surface area contributed by atoms with Crippen LogP contribution in [-0.4, -0.2) is 26.8 Å². The fourth-order valence-corrected chi connectivity index (χ4v) is 2.42. The van der Waals surface area contributed by atoms with Crippen molar-refractivity contribution in [2.24, 2.45) is 5.92 Å². The summed E-state index contributed by atoms with van der Waals surface area (Å²) in [6.45, 7) is 3.30. The van der Waals surface area contributed by atoms with Crippen LogP contribution in [0.5, 0.6) is 0 Å². The summed E-state index contributed by atoms with van der Waals surface area (Å²) in [5, 5.41) is 9.97. The van der Waals surface area contributed by atoms with Crippen molar-refractivity contribution >= 4 is 6.03 Å².